The van der Waals surface area contributed by atoms with Gasteiger partial charge in [-0.3, -0.25) is 9.69 Å². The molecule has 1 heterocycles. The topological polar surface area (TPSA) is 49.8 Å². The van der Waals surface area contributed by atoms with Crippen LogP contribution >= 0.6 is 11.6 Å². The van der Waals surface area contributed by atoms with E-state index in [1.807, 2.05) is 13.0 Å². The number of rotatable bonds is 7. The first-order valence-corrected chi connectivity index (χ1v) is 11.3. The zero-order valence-corrected chi connectivity index (χ0v) is 18.3. The molecule has 0 bridgehead atoms. The van der Waals surface area contributed by atoms with E-state index in [9.17, 15) is 4.79 Å². The van der Waals surface area contributed by atoms with E-state index < -0.39 is 5.97 Å². The summed E-state index contributed by atoms with van der Waals surface area (Å²) in [5, 5.41) is 9.86. The summed E-state index contributed by atoms with van der Waals surface area (Å²) in [6.07, 6.45) is 6.45. The number of benzene rings is 2. The molecule has 4 rings (SSSR count). The van der Waals surface area contributed by atoms with Crippen LogP contribution in [0.5, 0.6) is 5.75 Å². The Morgan fingerprint density at radius 3 is 2.50 bits per heavy atom. The third kappa shape index (κ3) is 4.98. The van der Waals surface area contributed by atoms with E-state index in [1.165, 1.54) is 43.2 Å². The van der Waals surface area contributed by atoms with E-state index in [4.69, 9.17) is 21.4 Å². The number of carboxylic acids is 1. The molecule has 1 aliphatic heterocycles. The Labute approximate surface area is 183 Å². The Morgan fingerprint density at radius 1 is 1.10 bits per heavy atom. The summed E-state index contributed by atoms with van der Waals surface area (Å²) in [6, 6.07) is 12.6. The first-order valence-electron chi connectivity index (χ1n) is 11.0. The third-order valence-electron chi connectivity index (χ3n) is 6.46. The SMILES string of the molecule is Cc1cc(CN2CC(C(=O)O)C2)ccc1OCc1ccc(C2CCCCC2)c(Cl)c1. The van der Waals surface area contributed by atoms with Crippen molar-refractivity contribution in [1.82, 2.24) is 4.90 Å². The highest BCUT2D eigenvalue weighted by Gasteiger charge is 2.32. The average molecular weight is 428 g/mol. The summed E-state index contributed by atoms with van der Waals surface area (Å²) in [6.45, 7) is 4.59. The van der Waals surface area contributed by atoms with E-state index in [1.54, 1.807) is 0 Å². The lowest BCUT2D eigenvalue weighted by molar-refractivity contribution is -0.147. The van der Waals surface area contributed by atoms with Crippen molar-refractivity contribution in [2.75, 3.05) is 13.1 Å². The minimum Gasteiger partial charge on any atom is -0.489 e. The van der Waals surface area contributed by atoms with Gasteiger partial charge in [0.1, 0.15) is 12.4 Å². The molecule has 1 saturated heterocycles. The van der Waals surface area contributed by atoms with Crippen LogP contribution in [0.3, 0.4) is 0 Å². The molecular weight excluding hydrogens is 398 g/mol. The van der Waals surface area contributed by atoms with E-state index >= 15 is 0 Å². The highest BCUT2D eigenvalue weighted by Crippen LogP contribution is 2.36. The van der Waals surface area contributed by atoms with Crippen molar-refractivity contribution in [1.29, 1.82) is 0 Å². The predicted molar refractivity (Wildman–Crippen MR) is 119 cm³/mol. The van der Waals surface area contributed by atoms with Crippen LogP contribution in [-0.2, 0) is 17.9 Å². The number of halogens is 1. The number of hydrogen-bond acceptors (Lipinski definition) is 3. The minimum atomic E-state index is -0.696. The molecule has 4 nitrogen and oxygen atoms in total. The Balaban J connectivity index is 1.32. The molecular formula is C25H30ClNO3. The van der Waals surface area contributed by atoms with E-state index in [-0.39, 0.29) is 5.92 Å². The molecule has 160 valence electrons. The molecule has 1 aliphatic carbocycles. The van der Waals surface area contributed by atoms with Crippen molar-refractivity contribution in [3.8, 4) is 5.75 Å². The fourth-order valence-electron chi connectivity index (χ4n) is 4.65. The maximum Gasteiger partial charge on any atom is 0.309 e. The van der Waals surface area contributed by atoms with Gasteiger partial charge in [-0.25, -0.2) is 0 Å². The van der Waals surface area contributed by atoms with Crippen LogP contribution in [0.25, 0.3) is 0 Å². The standard InChI is InChI=1S/C25H30ClNO3/c1-17-11-18(13-27-14-21(15-27)25(28)29)8-10-24(17)30-16-19-7-9-22(23(26)12-19)20-5-3-2-4-6-20/h7-12,20-21H,2-6,13-16H2,1H3,(H,28,29). The molecule has 0 radical (unpaired) electrons. The van der Waals surface area contributed by atoms with Crippen LogP contribution < -0.4 is 4.74 Å². The van der Waals surface area contributed by atoms with Crippen molar-refractivity contribution in [2.45, 2.75) is 58.1 Å². The van der Waals surface area contributed by atoms with Crippen LogP contribution in [0.15, 0.2) is 36.4 Å². The lowest BCUT2D eigenvalue weighted by Gasteiger charge is -2.36. The summed E-state index contributed by atoms with van der Waals surface area (Å²) in [5.74, 6) is 0.564. The molecule has 0 atom stereocenters. The summed E-state index contributed by atoms with van der Waals surface area (Å²) in [7, 11) is 0. The Kier molecular flexibility index (Phi) is 6.64. The normalized spacial score (nSPS) is 18.2. The zero-order chi connectivity index (χ0) is 21.1. The smallest absolute Gasteiger partial charge is 0.309 e. The van der Waals surface area contributed by atoms with Crippen molar-refractivity contribution in [3.05, 3.63) is 63.7 Å². The van der Waals surface area contributed by atoms with Crippen molar-refractivity contribution >= 4 is 17.6 Å². The fraction of sp³-hybridized carbons (Fsp3) is 0.480. The molecule has 1 saturated carbocycles. The van der Waals surface area contributed by atoms with Gasteiger partial charge in [0.15, 0.2) is 0 Å². The molecule has 2 fully saturated rings. The lowest BCUT2D eigenvalue weighted by Crippen LogP contribution is -2.49. The first-order chi connectivity index (χ1) is 14.5. The monoisotopic (exact) mass is 427 g/mol. The quantitative estimate of drug-likeness (QED) is 0.607. The highest BCUT2D eigenvalue weighted by molar-refractivity contribution is 6.31. The lowest BCUT2D eigenvalue weighted by atomic mass is 9.84. The van der Waals surface area contributed by atoms with Crippen LogP contribution in [0.4, 0.5) is 0 Å². The van der Waals surface area contributed by atoms with Gasteiger partial charge in [0, 0.05) is 24.7 Å². The molecule has 1 N–H and O–H groups in total. The number of likely N-dealkylation sites (tertiary alicyclic amines) is 1. The van der Waals surface area contributed by atoms with Gasteiger partial charge in [-0.15, -0.1) is 0 Å². The molecule has 5 heteroatoms. The second-order valence-corrected chi connectivity index (χ2v) is 9.22. The van der Waals surface area contributed by atoms with Crippen LogP contribution in [-0.4, -0.2) is 29.1 Å². The maximum atomic E-state index is 10.9. The summed E-state index contributed by atoms with van der Waals surface area (Å²) in [4.78, 5) is 13.1. The predicted octanol–water partition coefficient (Wildman–Crippen LogP) is 5.79. The second kappa shape index (κ2) is 9.40. The van der Waals surface area contributed by atoms with Crippen molar-refractivity contribution < 1.29 is 14.6 Å². The van der Waals surface area contributed by atoms with Gasteiger partial charge in [0.05, 0.1) is 5.92 Å². The largest absolute Gasteiger partial charge is 0.489 e. The summed E-state index contributed by atoms with van der Waals surface area (Å²) < 4.78 is 6.06. The third-order valence-corrected chi connectivity index (χ3v) is 6.78. The molecule has 2 aliphatic rings. The number of hydrogen-bond donors (Lipinski definition) is 1. The van der Waals surface area contributed by atoms with E-state index in [0.29, 0.717) is 25.6 Å². The van der Waals surface area contributed by atoms with Crippen LogP contribution in [0, 0.1) is 12.8 Å². The zero-order valence-electron chi connectivity index (χ0n) is 17.6. The highest BCUT2D eigenvalue weighted by atomic mass is 35.5. The van der Waals surface area contributed by atoms with E-state index in [2.05, 4.69) is 35.2 Å². The molecule has 2 aromatic rings. The summed E-state index contributed by atoms with van der Waals surface area (Å²) in [5.41, 5.74) is 4.65. The number of nitrogens with zero attached hydrogens (tertiary/aromatic N) is 1. The molecule has 0 aromatic heterocycles. The van der Waals surface area contributed by atoms with Crippen LogP contribution in [0.1, 0.15) is 60.3 Å². The van der Waals surface area contributed by atoms with Gasteiger partial charge in [-0.2, -0.15) is 0 Å². The van der Waals surface area contributed by atoms with Gasteiger partial charge in [0.2, 0.25) is 0 Å². The van der Waals surface area contributed by atoms with E-state index in [0.717, 1.165) is 28.4 Å². The number of aliphatic carboxylic acids is 1. The molecule has 30 heavy (non-hydrogen) atoms. The van der Waals surface area contributed by atoms with Gasteiger partial charge in [0.25, 0.3) is 0 Å². The molecule has 0 amide bonds. The average Bonchev–Trinajstić information content (AvgIpc) is 2.70. The Hall–Kier alpha value is -2.04. The van der Waals surface area contributed by atoms with Crippen LogP contribution in [0.2, 0.25) is 5.02 Å². The number of ether oxygens (including phenoxy) is 1. The Morgan fingerprint density at radius 2 is 1.83 bits per heavy atom. The maximum absolute atomic E-state index is 10.9. The Bertz CT molecular complexity index is 901. The van der Waals surface area contributed by atoms with Gasteiger partial charge in [-0.05, 0) is 60.1 Å². The van der Waals surface area contributed by atoms with Gasteiger partial charge < -0.3 is 9.84 Å². The second-order valence-electron chi connectivity index (χ2n) is 8.81. The molecule has 0 unspecified atom stereocenters. The number of carbonyl (C=O) groups is 1. The summed E-state index contributed by atoms with van der Waals surface area (Å²) >= 11 is 6.60. The number of carboxylic acid groups (broad SMARTS) is 1. The minimum absolute atomic E-state index is 0.218. The molecule has 0 spiro atoms. The molecule has 2 aromatic carbocycles. The van der Waals surface area contributed by atoms with Gasteiger partial charge >= 0.3 is 5.97 Å². The van der Waals surface area contributed by atoms with Crippen molar-refractivity contribution in [3.63, 3.8) is 0 Å². The van der Waals surface area contributed by atoms with Gasteiger partial charge in [-0.1, -0.05) is 55.1 Å². The fourth-order valence-corrected chi connectivity index (χ4v) is 5.01. The van der Waals surface area contributed by atoms with Crippen molar-refractivity contribution in [2.24, 2.45) is 5.92 Å². The number of aryl methyl sites for hydroxylation is 1. The first kappa shape index (κ1) is 21.2.